The Bertz CT molecular complexity index is 813. The number of nitrogens with zero attached hydrogens (tertiary/aromatic N) is 3. The summed E-state index contributed by atoms with van der Waals surface area (Å²) in [6, 6.07) is 3.70. The summed E-state index contributed by atoms with van der Waals surface area (Å²) in [5.74, 6) is 0.400. The maximum Gasteiger partial charge on any atom is 0.199 e. The van der Waals surface area contributed by atoms with Gasteiger partial charge in [0.2, 0.25) is 0 Å². The fourth-order valence-electron chi connectivity index (χ4n) is 2.13. The first-order chi connectivity index (χ1) is 9.56. The molecule has 6 heteroatoms. The van der Waals surface area contributed by atoms with Crippen LogP contribution in [0.2, 0.25) is 0 Å². The van der Waals surface area contributed by atoms with E-state index in [4.69, 9.17) is 0 Å². The number of pyridine rings is 1. The third-order valence-electron chi connectivity index (χ3n) is 3.19. The van der Waals surface area contributed by atoms with Crippen molar-refractivity contribution in [3.63, 3.8) is 0 Å². The van der Waals surface area contributed by atoms with Crippen LogP contribution < -0.4 is 5.43 Å². The van der Waals surface area contributed by atoms with E-state index in [0.717, 1.165) is 25.9 Å². The first-order valence-corrected chi connectivity index (χ1v) is 8.16. The van der Waals surface area contributed by atoms with Gasteiger partial charge in [0.1, 0.15) is 10.0 Å². The topological polar surface area (TPSA) is 47.8 Å². The lowest BCUT2D eigenvalue weighted by Crippen LogP contribution is -2.11. The molecule has 0 radical (unpaired) electrons. The van der Waals surface area contributed by atoms with Crippen molar-refractivity contribution in [2.24, 2.45) is 0 Å². The van der Waals surface area contributed by atoms with E-state index < -0.39 is 0 Å². The SMILES string of the molecule is Cc1cc(=O)c2sccc2n1Cc1nnc(C(C)C)s1. The molecule has 3 aromatic rings. The number of hydrogen-bond donors (Lipinski definition) is 0. The summed E-state index contributed by atoms with van der Waals surface area (Å²) in [6.45, 7) is 6.87. The molecule has 0 aliphatic carbocycles. The van der Waals surface area contributed by atoms with Crippen molar-refractivity contribution < 1.29 is 0 Å². The number of aromatic nitrogens is 3. The van der Waals surface area contributed by atoms with E-state index >= 15 is 0 Å². The Hall–Kier alpha value is -1.53. The van der Waals surface area contributed by atoms with Gasteiger partial charge in [-0.15, -0.1) is 21.5 Å². The second-order valence-electron chi connectivity index (χ2n) is 5.06. The minimum absolute atomic E-state index is 0.101. The van der Waals surface area contributed by atoms with E-state index in [0.29, 0.717) is 12.5 Å². The third kappa shape index (κ3) is 2.29. The molecular weight excluding hydrogens is 290 g/mol. The van der Waals surface area contributed by atoms with Gasteiger partial charge >= 0.3 is 0 Å². The zero-order chi connectivity index (χ0) is 14.3. The van der Waals surface area contributed by atoms with Crippen molar-refractivity contribution in [2.45, 2.75) is 33.2 Å². The Balaban J connectivity index is 2.05. The number of hydrogen-bond acceptors (Lipinski definition) is 5. The molecule has 0 aliphatic rings. The van der Waals surface area contributed by atoms with Crippen molar-refractivity contribution in [1.29, 1.82) is 0 Å². The average molecular weight is 305 g/mol. The molecule has 0 saturated carbocycles. The largest absolute Gasteiger partial charge is 0.337 e. The summed E-state index contributed by atoms with van der Waals surface area (Å²) in [5.41, 5.74) is 2.05. The molecular formula is C14H15N3OS2. The monoisotopic (exact) mass is 305 g/mol. The minimum Gasteiger partial charge on any atom is -0.337 e. The molecule has 0 spiro atoms. The van der Waals surface area contributed by atoms with Crippen LogP contribution in [0, 0.1) is 6.92 Å². The van der Waals surface area contributed by atoms with Crippen LogP contribution in [0.25, 0.3) is 10.2 Å². The highest BCUT2D eigenvalue weighted by Crippen LogP contribution is 2.23. The van der Waals surface area contributed by atoms with Crippen LogP contribution in [-0.2, 0) is 6.54 Å². The summed E-state index contributed by atoms with van der Waals surface area (Å²) >= 11 is 3.13. The van der Waals surface area contributed by atoms with Crippen LogP contribution in [0.3, 0.4) is 0 Å². The van der Waals surface area contributed by atoms with Gasteiger partial charge in [0, 0.05) is 17.7 Å². The van der Waals surface area contributed by atoms with Gasteiger partial charge in [-0.1, -0.05) is 25.2 Å². The molecule has 104 valence electrons. The van der Waals surface area contributed by atoms with E-state index in [1.807, 2.05) is 18.4 Å². The molecule has 4 nitrogen and oxygen atoms in total. The van der Waals surface area contributed by atoms with E-state index in [1.54, 1.807) is 17.4 Å². The molecule has 0 atom stereocenters. The van der Waals surface area contributed by atoms with Gasteiger partial charge in [0.15, 0.2) is 5.43 Å². The van der Waals surface area contributed by atoms with Crippen LogP contribution in [0.1, 0.15) is 35.5 Å². The summed E-state index contributed by atoms with van der Waals surface area (Å²) in [6.07, 6.45) is 0. The highest BCUT2D eigenvalue weighted by Gasteiger charge is 2.12. The minimum atomic E-state index is 0.101. The maximum atomic E-state index is 11.9. The first-order valence-electron chi connectivity index (χ1n) is 6.46. The second kappa shape index (κ2) is 5.10. The van der Waals surface area contributed by atoms with E-state index in [9.17, 15) is 4.79 Å². The molecule has 3 heterocycles. The average Bonchev–Trinajstić information content (AvgIpc) is 3.03. The van der Waals surface area contributed by atoms with Crippen LogP contribution >= 0.6 is 22.7 Å². The maximum absolute atomic E-state index is 11.9. The third-order valence-corrected chi connectivity index (χ3v) is 5.32. The molecule has 3 rings (SSSR count). The zero-order valence-corrected chi connectivity index (χ0v) is 13.2. The standard InChI is InChI=1S/C14H15N3OS2/c1-8(2)14-16-15-12(20-14)7-17-9(3)6-11(18)13-10(17)4-5-19-13/h4-6,8H,7H2,1-3H3. The van der Waals surface area contributed by atoms with Crippen LogP contribution in [-0.4, -0.2) is 14.8 Å². The number of aryl methyl sites for hydroxylation is 1. The predicted octanol–water partition coefficient (Wildman–Crippen LogP) is 3.39. The highest BCUT2D eigenvalue weighted by molar-refractivity contribution is 7.17. The Morgan fingerprint density at radius 2 is 2.15 bits per heavy atom. The zero-order valence-electron chi connectivity index (χ0n) is 11.6. The van der Waals surface area contributed by atoms with E-state index in [-0.39, 0.29) is 5.43 Å². The Morgan fingerprint density at radius 1 is 1.35 bits per heavy atom. The van der Waals surface area contributed by atoms with Gasteiger partial charge in [0.25, 0.3) is 0 Å². The molecule has 0 aliphatic heterocycles. The van der Waals surface area contributed by atoms with Crippen molar-refractivity contribution in [3.8, 4) is 0 Å². The van der Waals surface area contributed by atoms with Crippen LogP contribution in [0.4, 0.5) is 0 Å². The lowest BCUT2D eigenvalue weighted by atomic mass is 10.2. The molecule has 0 unspecified atom stereocenters. The molecule has 0 bridgehead atoms. The second-order valence-corrected chi connectivity index (χ2v) is 7.07. The van der Waals surface area contributed by atoms with Gasteiger partial charge < -0.3 is 4.57 Å². The Labute approximate surface area is 124 Å². The smallest absolute Gasteiger partial charge is 0.199 e. The molecule has 3 aromatic heterocycles. The number of thiophene rings is 1. The summed E-state index contributed by atoms with van der Waals surface area (Å²) in [7, 11) is 0. The van der Waals surface area contributed by atoms with Crippen molar-refractivity contribution in [1.82, 2.24) is 14.8 Å². The predicted molar refractivity (Wildman–Crippen MR) is 83.9 cm³/mol. The fraction of sp³-hybridized carbons (Fsp3) is 0.357. The lowest BCUT2D eigenvalue weighted by molar-refractivity contribution is 0.764. The van der Waals surface area contributed by atoms with Gasteiger partial charge in [-0.2, -0.15) is 0 Å². The highest BCUT2D eigenvalue weighted by atomic mass is 32.1. The van der Waals surface area contributed by atoms with Gasteiger partial charge in [-0.3, -0.25) is 4.79 Å². The summed E-state index contributed by atoms with van der Waals surface area (Å²) in [4.78, 5) is 11.9. The molecule has 0 amide bonds. The van der Waals surface area contributed by atoms with Crippen molar-refractivity contribution in [3.05, 3.63) is 43.4 Å². The molecule has 20 heavy (non-hydrogen) atoms. The number of rotatable bonds is 3. The van der Waals surface area contributed by atoms with Gasteiger partial charge in [0.05, 0.1) is 16.8 Å². The normalized spacial score (nSPS) is 11.6. The molecule has 0 aromatic carbocycles. The van der Waals surface area contributed by atoms with Crippen LogP contribution in [0.5, 0.6) is 0 Å². The Kier molecular flexibility index (Phi) is 3.43. The lowest BCUT2D eigenvalue weighted by Gasteiger charge is -2.10. The van der Waals surface area contributed by atoms with Crippen molar-refractivity contribution in [2.75, 3.05) is 0 Å². The summed E-state index contributed by atoms with van der Waals surface area (Å²) < 4.78 is 2.95. The first kappa shape index (κ1) is 13.5. The number of fused-ring (bicyclic) bond motifs is 1. The van der Waals surface area contributed by atoms with Gasteiger partial charge in [-0.05, 0) is 18.4 Å². The Morgan fingerprint density at radius 3 is 2.85 bits per heavy atom. The fourth-order valence-corrected chi connectivity index (χ4v) is 3.77. The van der Waals surface area contributed by atoms with Gasteiger partial charge in [-0.25, -0.2) is 0 Å². The van der Waals surface area contributed by atoms with Crippen molar-refractivity contribution >= 4 is 32.9 Å². The van der Waals surface area contributed by atoms with Crippen LogP contribution in [0.15, 0.2) is 22.3 Å². The van der Waals surface area contributed by atoms with E-state index in [2.05, 4.69) is 28.6 Å². The molecule has 0 N–H and O–H groups in total. The summed E-state index contributed by atoms with van der Waals surface area (Å²) in [5, 5.41) is 12.5. The van der Waals surface area contributed by atoms with E-state index in [1.165, 1.54) is 11.3 Å². The molecule has 0 fully saturated rings. The molecule has 0 saturated heterocycles. The quantitative estimate of drug-likeness (QED) is 0.745.